The third-order valence-corrected chi connectivity index (χ3v) is 3.86. The van der Waals surface area contributed by atoms with Gasteiger partial charge < -0.3 is 15.4 Å². The van der Waals surface area contributed by atoms with E-state index in [4.69, 9.17) is 10.5 Å². The fraction of sp³-hybridized carbons (Fsp3) is 1.00. The van der Waals surface area contributed by atoms with Crippen LogP contribution in [0.2, 0.25) is 0 Å². The number of hydrogen-bond acceptors (Lipinski definition) is 4. The molecule has 0 aromatic heterocycles. The Balaban J connectivity index is 1.70. The first-order chi connectivity index (χ1) is 8.38. The van der Waals surface area contributed by atoms with E-state index in [1.54, 1.807) is 0 Å². The first-order valence-corrected chi connectivity index (χ1v) is 7.15. The van der Waals surface area contributed by atoms with Gasteiger partial charge >= 0.3 is 0 Å². The molecule has 0 bridgehead atoms. The highest BCUT2D eigenvalue weighted by Gasteiger charge is 2.20. The molecule has 2 saturated heterocycles. The van der Waals surface area contributed by atoms with Crippen LogP contribution in [-0.4, -0.2) is 68.3 Å². The molecule has 0 radical (unpaired) electrons. The van der Waals surface area contributed by atoms with E-state index in [0.29, 0.717) is 6.10 Å². The summed E-state index contributed by atoms with van der Waals surface area (Å²) in [6.45, 7) is 8.72. The molecule has 2 aliphatic heterocycles. The number of ether oxygens (including phenoxy) is 1. The maximum Gasteiger partial charge on any atom is 0.0702 e. The maximum absolute atomic E-state index is 5.82. The molecule has 4 nitrogen and oxygen atoms in total. The van der Waals surface area contributed by atoms with Crippen LogP contribution in [0.15, 0.2) is 0 Å². The molecule has 17 heavy (non-hydrogen) atoms. The lowest BCUT2D eigenvalue weighted by Gasteiger charge is -2.29. The van der Waals surface area contributed by atoms with Gasteiger partial charge in [-0.3, -0.25) is 4.90 Å². The lowest BCUT2D eigenvalue weighted by molar-refractivity contribution is -0.00497. The second kappa shape index (κ2) is 7.31. The van der Waals surface area contributed by atoms with Gasteiger partial charge in [-0.15, -0.1) is 0 Å². The van der Waals surface area contributed by atoms with Crippen molar-refractivity contribution < 1.29 is 4.74 Å². The Morgan fingerprint density at radius 1 is 1.00 bits per heavy atom. The minimum atomic E-state index is 0.491. The van der Waals surface area contributed by atoms with E-state index < -0.39 is 0 Å². The Bertz CT molecular complexity index is 207. The van der Waals surface area contributed by atoms with Gasteiger partial charge in [0.1, 0.15) is 0 Å². The monoisotopic (exact) mass is 241 g/mol. The molecular formula is C13H27N3O. The van der Waals surface area contributed by atoms with Crippen molar-refractivity contribution in [3.63, 3.8) is 0 Å². The summed E-state index contributed by atoms with van der Waals surface area (Å²) >= 11 is 0. The Hall–Kier alpha value is -0.160. The van der Waals surface area contributed by atoms with Crippen LogP contribution < -0.4 is 5.73 Å². The molecule has 2 heterocycles. The normalized spacial score (nSPS) is 29.1. The topological polar surface area (TPSA) is 41.7 Å². The van der Waals surface area contributed by atoms with Crippen LogP contribution in [0.4, 0.5) is 0 Å². The molecule has 100 valence electrons. The van der Waals surface area contributed by atoms with Gasteiger partial charge in [-0.25, -0.2) is 0 Å². The van der Waals surface area contributed by atoms with Gasteiger partial charge in [0.2, 0.25) is 0 Å². The van der Waals surface area contributed by atoms with Crippen molar-refractivity contribution >= 4 is 0 Å². The van der Waals surface area contributed by atoms with E-state index in [0.717, 1.165) is 26.2 Å². The minimum Gasteiger partial charge on any atom is -0.377 e. The molecule has 2 aliphatic rings. The lowest BCUT2D eigenvalue weighted by Crippen LogP contribution is -2.38. The number of nitrogens with zero attached hydrogens (tertiary/aromatic N) is 2. The van der Waals surface area contributed by atoms with E-state index in [2.05, 4.69) is 9.80 Å². The van der Waals surface area contributed by atoms with Gasteiger partial charge in [0.15, 0.2) is 0 Å². The fourth-order valence-corrected chi connectivity index (χ4v) is 2.85. The molecule has 4 heteroatoms. The second-order valence-electron chi connectivity index (χ2n) is 5.27. The summed E-state index contributed by atoms with van der Waals surface area (Å²) in [5.74, 6) is 0. The smallest absolute Gasteiger partial charge is 0.0702 e. The predicted octanol–water partition coefficient (Wildman–Crippen LogP) is 0.522. The second-order valence-corrected chi connectivity index (χ2v) is 5.27. The summed E-state index contributed by atoms with van der Waals surface area (Å²) in [5, 5.41) is 0. The van der Waals surface area contributed by atoms with E-state index >= 15 is 0 Å². The molecule has 0 aromatic carbocycles. The fourth-order valence-electron chi connectivity index (χ4n) is 2.85. The summed E-state index contributed by atoms with van der Waals surface area (Å²) < 4.78 is 5.82. The summed E-state index contributed by atoms with van der Waals surface area (Å²) in [6, 6.07) is 0. The number of nitrogens with two attached hydrogens (primary N) is 1. The van der Waals surface area contributed by atoms with Crippen molar-refractivity contribution in [2.75, 3.05) is 52.4 Å². The summed E-state index contributed by atoms with van der Waals surface area (Å²) in [7, 11) is 0. The third kappa shape index (κ3) is 4.54. The molecule has 2 N–H and O–H groups in total. The zero-order valence-corrected chi connectivity index (χ0v) is 10.9. The third-order valence-electron chi connectivity index (χ3n) is 3.86. The highest BCUT2D eigenvalue weighted by Crippen LogP contribution is 2.14. The molecule has 1 unspecified atom stereocenters. The largest absolute Gasteiger partial charge is 0.377 e. The van der Waals surface area contributed by atoms with Crippen molar-refractivity contribution in [1.29, 1.82) is 0 Å². The SMILES string of the molecule is NCCN1CCCN(CC2CCCCO2)CC1. The number of hydrogen-bond donors (Lipinski definition) is 1. The molecular weight excluding hydrogens is 214 g/mol. The Kier molecular flexibility index (Phi) is 5.71. The van der Waals surface area contributed by atoms with E-state index in [1.807, 2.05) is 0 Å². The molecule has 1 atom stereocenters. The summed E-state index contributed by atoms with van der Waals surface area (Å²) in [4.78, 5) is 5.06. The van der Waals surface area contributed by atoms with Gasteiger partial charge in [-0.05, 0) is 38.8 Å². The van der Waals surface area contributed by atoms with Crippen molar-refractivity contribution in [3.05, 3.63) is 0 Å². The zero-order valence-electron chi connectivity index (χ0n) is 10.9. The van der Waals surface area contributed by atoms with Gasteiger partial charge in [-0.1, -0.05) is 0 Å². The highest BCUT2D eigenvalue weighted by molar-refractivity contribution is 4.74. The first-order valence-electron chi connectivity index (χ1n) is 7.15. The molecule has 2 fully saturated rings. The highest BCUT2D eigenvalue weighted by atomic mass is 16.5. The minimum absolute atomic E-state index is 0.491. The van der Waals surface area contributed by atoms with Crippen LogP contribution in [0.3, 0.4) is 0 Å². The standard InChI is InChI=1S/C13H27N3O/c14-5-8-15-6-3-7-16(10-9-15)12-13-4-1-2-11-17-13/h13H,1-12,14H2. The Labute approximate surface area is 105 Å². The van der Waals surface area contributed by atoms with Gasteiger partial charge in [0, 0.05) is 39.3 Å². The molecule has 0 aromatic rings. The van der Waals surface area contributed by atoms with E-state index in [9.17, 15) is 0 Å². The van der Waals surface area contributed by atoms with Crippen LogP contribution >= 0.6 is 0 Å². The van der Waals surface area contributed by atoms with Crippen LogP contribution in [0.5, 0.6) is 0 Å². The van der Waals surface area contributed by atoms with Gasteiger partial charge in [-0.2, -0.15) is 0 Å². The Morgan fingerprint density at radius 3 is 2.59 bits per heavy atom. The van der Waals surface area contributed by atoms with Crippen LogP contribution in [-0.2, 0) is 4.74 Å². The summed E-state index contributed by atoms with van der Waals surface area (Å²) in [5.41, 5.74) is 5.62. The lowest BCUT2D eigenvalue weighted by atomic mass is 10.1. The van der Waals surface area contributed by atoms with Gasteiger partial charge in [0.05, 0.1) is 6.10 Å². The quantitative estimate of drug-likeness (QED) is 0.779. The maximum atomic E-state index is 5.82. The van der Waals surface area contributed by atoms with E-state index in [-0.39, 0.29) is 0 Å². The van der Waals surface area contributed by atoms with Crippen molar-refractivity contribution in [3.8, 4) is 0 Å². The van der Waals surface area contributed by atoms with Crippen molar-refractivity contribution in [2.24, 2.45) is 5.73 Å². The van der Waals surface area contributed by atoms with Crippen molar-refractivity contribution in [1.82, 2.24) is 9.80 Å². The zero-order chi connectivity index (χ0) is 11.9. The molecule has 0 saturated carbocycles. The molecule has 0 amide bonds. The first kappa shape index (κ1) is 13.3. The Morgan fingerprint density at radius 2 is 1.82 bits per heavy atom. The van der Waals surface area contributed by atoms with Gasteiger partial charge in [0.25, 0.3) is 0 Å². The predicted molar refractivity (Wildman–Crippen MR) is 70.1 cm³/mol. The number of rotatable bonds is 4. The average molecular weight is 241 g/mol. The molecule has 0 aliphatic carbocycles. The van der Waals surface area contributed by atoms with Crippen LogP contribution in [0, 0.1) is 0 Å². The van der Waals surface area contributed by atoms with Crippen molar-refractivity contribution in [2.45, 2.75) is 31.8 Å². The summed E-state index contributed by atoms with van der Waals surface area (Å²) in [6.07, 6.45) is 5.61. The average Bonchev–Trinajstić information content (AvgIpc) is 2.57. The van der Waals surface area contributed by atoms with E-state index in [1.165, 1.54) is 51.9 Å². The molecule has 2 rings (SSSR count). The van der Waals surface area contributed by atoms with Crippen LogP contribution in [0.1, 0.15) is 25.7 Å². The molecule has 0 spiro atoms. The van der Waals surface area contributed by atoms with Crippen LogP contribution in [0.25, 0.3) is 0 Å².